The van der Waals surface area contributed by atoms with Gasteiger partial charge in [-0.05, 0) is 30.6 Å². The van der Waals surface area contributed by atoms with Gasteiger partial charge < -0.3 is 24.8 Å². The van der Waals surface area contributed by atoms with Gasteiger partial charge in [0, 0.05) is 0 Å². The molecule has 0 saturated carbocycles. The van der Waals surface area contributed by atoms with E-state index in [1.165, 1.54) is 24.8 Å². The standard InChI is InChI=1S/C14H23.2ClH.Zr/c1-5-14(6-2,11-12(3)4)13-9-7-8-10-13;;;/h7,9,12H,5-6,8,11H2,1-4H3;2*1H;/q-1;;;+3/p-2. The van der Waals surface area contributed by atoms with Crippen molar-refractivity contribution in [2.45, 2.75) is 53.4 Å². The zero-order valence-electron chi connectivity index (χ0n) is 11.3. The van der Waals surface area contributed by atoms with Crippen molar-refractivity contribution in [2.75, 3.05) is 0 Å². The van der Waals surface area contributed by atoms with Crippen molar-refractivity contribution in [3.8, 4) is 0 Å². The monoisotopic (exact) mass is 351 g/mol. The van der Waals surface area contributed by atoms with Crippen LogP contribution in [0.15, 0.2) is 17.7 Å². The summed E-state index contributed by atoms with van der Waals surface area (Å²) in [6.45, 7) is 9.26. The molecule has 17 heavy (non-hydrogen) atoms. The SMILES string of the molecule is CCC(CC)(CC(C)C)C1=[C-]CC=C1.[Cl-].[Cl-].[Zr+3]. The van der Waals surface area contributed by atoms with Crippen LogP contribution in [0, 0.1) is 17.4 Å². The van der Waals surface area contributed by atoms with Gasteiger partial charge in [0.2, 0.25) is 0 Å². The van der Waals surface area contributed by atoms with E-state index >= 15 is 0 Å². The molecule has 97 valence electrons. The summed E-state index contributed by atoms with van der Waals surface area (Å²) in [5, 5.41) is 0. The van der Waals surface area contributed by atoms with Gasteiger partial charge in [-0.15, -0.1) is 6.42 Å². The molecule has 3 heteroatoms. The molecule has 0 nitrogen and oxygen atoms in total. The molecule has 0 fully saturated rings. The van der Waals surface area contributed by atoms with Gasteiger partial charge in [-0.25, -0.2) is 11.6 Å². The summed E-state index contributed by atoms with van der Waals surface area (Å²) < 4.78 is 0. The molecule has 1 aliphatic rings. The second kappa shape index (κ2) is 10.8. The topological polar surface area (TPSA) is 0 Å². The molecule has 0 saturated heterocycles. The Kier molecular flexibility index (Phi) is 14.7. The molecular weight excluding hydrogens is 330 g/mol. The molecule has 0 unspecified atom stereocenters. The first-order valence-electron chi connectivity index (χ1n) is 5.92. The third kappa shape index (κ3) is 6.08. The second-order valence-corrected chi connectivity index (χ2v) is 4.78. The second-order valence-electron chi connectivity index (χ2n) is 4.78. The van der Waals surface area contributed by atoms with Crippen LogP contribution < -0.4 is 24.8 Å². The zero-order valence-corrected chi connectivity index (χ0v) is 15.3. The minimum Gasteiger partial charge on any atom is -1.00 e. The first kappa shape index (κ1) is 23.1. The third-order valence-electron chi connectivity index (χ3n) is 3.42. The Morgan fingerprint density at radius 1 is 1.24 bits per heavy atom. The Morgan fingerprint density at radius 3 is 2.06 bits per heavy atom. The molecule has 1 aliphatic carbocycles. The Bertz CT molecular complexity index is 241. The van der Waals surface area contributed by atoms with E-state index in [1.807, 2.05) is 0 Å². The molecule has 0 amide bonds. The van der Waals surface area contributed by atoms with Gasteiger partial charge in [0.15, 0.2) is 0 Å². The summed E-state index contributed by atoms with van der Waals surface area (Å²) in [6.07, 6.45) is 12.8. The molecule has 0 bridgehead atoms. The largest absolute Gasteiger partial charge is 3.00 e. The molecule has 0 aliphatic heterocycles. The molecule has 0 aromatic heterocycles. The Morgan fingerprint density at radius 2 is 1.76 bits per heavy atom. The normalized spacial score (nSPS) is 13.6. The molecule has 1 rings (SSSR count). The van der Waals surface area contributed by atoms with E-state index in [1.54, 1.807) is 0 Å². The van der Waals surface area contributed by atoms with E-state index in [0.29, 0.717) is 5.41 Å². The van der Waals surface area contributed by atoms with Gasteiger partial charge in [-0.3, -0.25) is 6.08 Å². The van der Waals surface area contributed by atoms with Crippen molar-refractivity contribution in [3.05, 3.63) is 23.8 Å². The maximum Gasteiger partial charge on any atom is 3.00 e. The summed E-state index contributed by atoms with van der Waals surface area (Å²) in [7, 11) is 0. The Balaban J connectivity index is -0.000000653. The summed E-state index contributed by atoms with van der Waals surface area (Å²) in [4.78, 5) is 0. The quantitative estimate of drug-likeness (QED) is 0.530. The molecule has 0 heterocycles. The number of allylic oxidation sites excluding steroid dienone is 4. The smallest absolute Gasteiger partial charge is 1.00 e. The van der Waals surface area contributed by atoms with Crippen LogP contribution in [0.1, 0.15) is 53.4 Å². The van der Waals surface area contributed by atoms with Crippen molar-refractivity contribution in [1.29, 1.82) is 0 Å². The van der Waals surface area contributed by atoms with E-state index in [0.717, 1.165) is 12.3 Å². The average Bonchev–Trinajstić information content (AvgIpc) is 2.67. The summed E-state index contributed by atoms with van der Waals surface area (Å²) in [5.41, 5.74) is 1.87. The van der Waals surface area contributed by atoms with Gasteiger partial charge in [-0.1, -0.05) is 27.7 Å². The molecule has 0 aromatic carbocycles. The number of rotatable bonds is 5. The van der Waals surface area contributed by atoms with Gasteiger partial charge in [0.05, 0.1) is 0 Å². The summed E-state index contributed by atoms with van der Waals surface area (Å²) >= 11 is 0. The van der Waals surface area contributed by atoms with Crippen LogP contribution in [-0.4, -0.2) is 0 Å². The fourth-order valence-corrected chi connectivity index (χ4v) is 2.58. The first-order valence-corrected chi connectivity index (χ1v) is 5.92. The molecule has 0 aromatic rings. The minimum atomic E-state index is 0. The minimum absolute atomic E-state index is 0. The fraction of sp³-hybridized carbons (Fsp3) is 0.714. The Hall–Kier alpha value is 0.943. The molecule has 0 spiro atoms. The van der Waals surface area contributed by atoms with E-state index < -0.39 is 0 Å². The number of hydrogen-bond donors (Lipinski definition) is 0. The van der Waals surface area contributed by atoms with Crippen molar-refractivity contribution in [3.63, 3.8) is 0 Å². The molecule has 1 radical (unpaired) electrons. The van der Waals surface area contributed by atoms with Gasteiger partial charge in [0.1, 0.15) is 0 Å². The average molecular weight is 353 g/mol. The zero-order chi connectivity index (χ0) is 10.6. The van der Waals surface area contributed by atoms with Crippen LogP contribution in [0.25, 0.3) is 0 Å². The predicted octanol–water partition coefficient (Wildman–Crippen LogP) is -1.47. The van der Waals surface area contributed by atoms with Crippen LogP contribution >= 0.6 is 0 Å². The van der Waals surface area contributed by atoms with Crippen molar-refractivity contribution in [2.24, 2.45) is 11.3 Å². The summed E-state index contributed by atoms with van der Waals surface area (Å²) in [5.74, 6) is 0.776. The van der Waals surface area contributed by atoms with Crippen molar-refractivity contribution >= 4 is 0 Å². The maximum absolute atomic E-state index is 3.51. The third-order valence-corrected chi connectivity index (χ3v) is 3.42. The van der Waals surface area contributed by atoms with E-state index in [9.17, 15) is 0 Å². The van der Waals surface area contributed by atoms with Crippen LogP contribution in [0.2, 0.25) is 0 Å². The van der Waals surface area contributed by atoms with Crippen molar-refractivity contribution < 1.29 is 51.0 Å². The molecule has 0 N–H and O–H groups in total. The van der Waals surface area contributed by atoms with Crippen LogP contribution in [0.5, 0.6) is 0 Å². The predicted molar refractivity (Wildman–Crippen MR) is 63.0 cm³/mol. The van der Waals surface area contributed by atoms with Crippen LogP contribution in [0.4, 0.5) is 0 Å². The summed E-state index contributed by atoms with van der Waals surface area (Å²) in [6, 6.07) is 0. The van der Waals surface area contributed by atoms with Crippen molar-refractivity contribution in [1.82, 2.24) is 0 Å². The Labute approximate surface area is 139 Å². The van der Waals surface area contributed by atoms with E-state index in [2.05, 4.69) is 45.9 Å². The van der Waals surface area contributed by atoms with Crippen LogP contribution in [0.3, 0.4) is 0 Å². The number of hydrogen-bond acceptors (Lipinski definition) is 0. The van der Waals surface area contributed by atoms with Crippen LogP contribution in [-0.2, 0) is 26.2 Å². The molecular formula is C14H23Cl2Zr. The van der Waals surface area contributed by atoms with E-state index in [-0.39, 0.29) is 51.0 Å². The first-order chi connectivity index (χ1) is 6.64. The van der Waals surface area contributed by atoms with Gasteiger partial charge in [0.25, 0.3) is 0 Å². The fourth-order valence-electron chi connectivity index (χ4n) is 2.58. The van der Waals surface area contributed by atoms with E-state index in [4.69, 9.17) is 0 Å². The molecule has 0 atom stereocenters. The van der Waals surface area contributed by atoms with Gasteiger partial charge >= 0.3 is 26.2 Å². The number of halogens is 2. The van der Waals surface area contributed by atoms with Gasteiger partial charge in [-0.2, -0.15) is 6.08 Å². The maximum atomic E-state index is 3.51.